The van der Waals surface area contributed by atoms with Crippen LogP contribution < -0.4 is 5.32 Å². The first-order valence-electron chi connectivity index (χ1n) is 11.1. The molecule has 0 spiro atoms. The Kier molecular flexibility index (Phi) is 9.90. The second-order valence-corrected chi connectivity index (χ2v) is 9.75. The Morgan fingerprint density at radius 3 is 2.16 bits per heavy atom. The third-order valence-electron chi connectivity index (χ3n) is 4.91. The van der Waals surface area contributed by atoms with Crippen LogP contribution in [0.1, 0.15) is 32.8 Å². The smallest absolute Gasteiger partial charge is 0.456 e. The summed E-state index contributed by atoms with van der Waals surface area (Å²) < 4.78 is 72.2. The molecule has 0 aliphatic carbocycles. The molecule has 6 nitrogen and oxygen atoms in total. The number of nitrogens with one attached hydrogen (secondary N) is 1. The van der Waals surface area contributed by atoms with Crippen molar-refractivity contribution < 1.29 is 46.1 Å². The summed E-state index contributed by atoms with van der Waals surface area (Å²) in [5, 5.41) is 13.2. The van der Waals surface area contributed by atoms with Crippen LogP contribution in [0.2, 0.25) is 5.02 Å². The summed E-state index contributed by atoms with van der Waals surface area (Å²) in [5.41, 5.74) is 1.50. The lowest BCUT2D eigenvalue weighted by Crippen LogP contribution is -2.45. The number of carbonyl (C=O) groups excluding carboxylic acids is 2. The molecule has 0 heterocycles. The number of aliphatic hydroxyl groups is 1. The average Bonchev–Trinajstić information content (AvgIpc) is 2.75. The number of hydrogen-bond acceptors (Lipinski definition) is 5. The van der Waals surface area contributed by atoms with Gasteiger partial charge < -0.3 is 19.9 Å². The van der Waals surface area contributed by atoms with E-state index in [0.29, 0.717) is 10.6 Å². The second-order valence-electron chi connectivity index (χ2n) is 9.32. The minimum atomic E-state index is -5.92. The molecule has 2 aromatic carbocycles. The van der Waals surface area contributed by atoms with Crippen molar-refractivity contribution in [1.29, 1.82) is 0 Å². The zero-order valence-electron chi connectivity index (χ0n) is 20.2. The highest BCUT2D eigenvalue weighted by molar-refractivity contribution is 6.30. The van der Waals surface area contributed by atoms with Crippen molar-refractivity contribution in [3.05, 3.63) is 59.1 Å². The minimum absolute atomic E-state index is 0.0676. The summed E-state index contributed by atoms with van der Waals surface area (Å²) in [7, 11) is 0. The minimum Gasteiger partial charge on any atom is -0.457 e. The number of hydrogen-bond donors (Lipinski definition) is 2. The highest BCUT2D eigenvalue weighted by Crippen LogP contribution is 2.35. The summed E-state index contributed by atoms with van der Waals surface area (Å²) >= 11 is 6.02. The van der Waals surface area contributed by atoms with Gasteiger partial charge in [-0.3, -0.25) is 0 Å². The molecule has 0 saturated carbocycles. The first-order valence-corrected chi connectivity index (χ1v) is 11.5. The van der Waals surface area contributed by atoms with Crippen molar-refractivity contribution in [3.63, 3.8) is 0 Å². The Bertz CT molecular complexity index is 1070. The van der Waals surface area contributed by atoms with Crippen molar-refractivity contribution >= 4 is 23.7 Å². The van der Waals surface area contributed by atoms with Gasteiger partial charge >= 0.3 is 24.2 Å². The quantitative estimate of drug-likeness (QED) is 0.298. The van der Waals surface area contributed by atoms with Gasteiger partial charge in [0.2, 0.25) is 0 Å². The van der Waals surface area contributed by atoms with Gasteiger partial charge in [0.15, 0.2) is 12.7 Å². The average molecular weight is 552 g/mol. The lowest BCUT2D eigenvalue weighted by atomic mass is 9.98. The maximum atomic E-state index is 13.0. The summed E-state index contributed by atoms with van der Waals surface area (Å²) in [6, 6.07) is 13.2. The van der Waals surface area contributed by atoms with Crippen molar-refractivity contribution in [2.75, 3.05) is 6.61 Å². The highest BCUT2D eigenvalue weighted by atomic mass is 35.5. The van der Waals surface area contributed by atoms with E-state index in [9.17, 15) is 36.6 Å². The number of ether oxygens (including phenoxy) is 2. The van der Waals surface area contributed by atoms with Crippen LogP contribution in [0.5, 0.6) is 0 Å². The molecule has 204 valence electrons. The third kappa shape index (κ3) is 9.81. The van der Waals surface area contributed by atoms with E-state index in [1.165, 1.54) is 0 Å². The summed E-state index contributed by atoms with van der Waals surface area (Å²) in [6.45, 7) is 2.57. The Morgan fingerprint density at radius 2 is 1.62 bits per heavy atom. The van der Waals surface area contributed by atoms with E-state index < -0.39 is 54.9 Å². The van der Waals surface area contributed by atoms with E-state index >= 15 is 0 Å². The van der Waals surface area contributed by atoms with Crippen molar-refractivity contribution in [2.24, 2.45) is 0 Å². The van der Waals surface area contributed by atoms with Gasteiger partial charge in [-0.05, 0) is 56.0 Å². The van der Waals surface area contributed by atoms with E-state index in [-0.39, 0.29) is 6.42 Å². The molecular formula is C25H27ClF5NO5. The van der Waals surface area contributed by atoms with Crippen LogP contribution in [-0.2, 0) is 20.7 Å². The number of benzene rings is 2. The summed E-state index contributed by atoms with van der Waals surface area (Å²) in [4.78, 5) is 24.2. The molecular weight excluding hydrogens is 525 g/mol. The fourth-order valence-electron chi connectivity index (χ4n) is 3.16. The third-order valence-corrected chi connectivity index (χ3v) is 5.14. The number of amides is 1. The van der Waals surface area contributed by atoms with Crippen LogP contribution in [0.4, 0.5) is 26.7 Å². The maximum absolute atomic E-state index is 13.0. The first-order chi connectivity index (χ1) is 17.0. The molecule has 2 atom stereocenters. The Labute approximate surface area is 215 Å². The Balaban J connectivity index is 2.12. The number of alkyl halides is 5. The van der Waals surface area contributed by atoms with Gasteiger partial charge in [0, 0.05) is 17.5 Å². The number of carbonyl (C=O) groups is 2. The molecule has 0 fully saturated rings. The molecule has 0 radical (unpaired) electrons. The fraction of sp³-hybridized carbons (Fsp3) is 0.440. The van der Waals surface area contributed by atoms with E-state index in [0.717, 1.165) is 11.1 Å². The summed E-state index contributed by atoms with van der Waals surface area (Å²) in [5.74, 6) is -6.96. The van der Waals surface area contributed by atoms with E-state index in [2.05, 4.69) is 10.1 Å². The van der Waals surface area contributed by atoms with Crippen molar-refractivity contribution in [1.82, 2.24) is 5.32 Å². The van der Waals surface area contributed by atoms with E-state index in [4.69, 9.17) is 16.3 Å². The van der Waals surface area contributed by atoms with Crippen molar-refractivity contribution in [2.45, 2.75) is 63.5 Å². The number of alkyl carbamates (subject to hydrolysis) is 1. The SMILES string of the molecule is CC(C)(C)OC(=O)NC(Cc1ccc(-c2cccc(Cl)c2)cc1)CC(O)C(=O)OCC(F)(F)C(F)(F)F. The molecule has 37 heavy (non-hydrogen) atoms. The van der Waals surface area contributed by atoms with Crippen LogP contribution in [0.3, 0.4) is 0 Å². The van der Waals surface area contributed by atoms with Crippen LogP contribution in [-0.4, -0.2) is 53.6 Å². The largest absolute Gasteiger partial charge is 0.457 e. The number of rotatable bonds is 9. The molecule has 2 aromatic rings. The molecule has 0 bridgehead atoms. The number of esters is 1. The van der Waals surface area contributed by atoms with Crippen LogP contribution in [0.15, 0.2) is 48.5 Å². The molecule has 0 aliphatic rings. The normalized spacial score (nSPS) is 14.0. The maximum Gasteiger partial charge on any atom is 0.456 e. The standard InChI is InChI=1S/C25H27ClF5NO5/c1-23(2,3)37-22(35)32-19(13-20(33)21(34)36-14-24(27,28)25(29,30)31)11-15-7-9-16(10-8-15)17-5-4-6-18(26)12-17/h4-10,12,19-20,33H,11,13-14H2,1-3H3,(H,32,35). The van der Waals surface area contributed by atoms with Gasteiger partial charge in [0.1, 0.15) is 5.60 Å². The summed E-state index contributed by atoms with van der Waals surface area (Å²) in [6.07, 6.45) is -9.35. The molecule has 2 N–H and O–H groups in total. The Hall–Kier alpha value is -2.92. The zero-order chi connectivity index (χ0) is 28.0. The van der Waals surface area contributed by atoms with Gasteiger partial charge in [-0.25, -0.2) is 9.59 Å². The Morgan fingerprint density at radius 1 is 1.00 bits per heavy atom. The number of halogens is 6. The van der Waals surface area contributed by atoms with E-state index in [1.54, 1.807) is 63.2 Å². The highest BCUT2D eigenvalue weighted by Gasteiger charge is 2.58. The van der Waals surface area contributed by atoms with Crippen LogP contribution in [0, 0.1) is 0 Å². The van der Waals surface area contributed by atoms with Crippen LogP contribution >= 0.6 is 11.6 Å². The van der Waals surface area contributed by atoms with Crippen LogP contribution in [0.25, 0.3) is 11.1 Å². The second kappa shape index (κ2) is 12.1. The number of aliphatic hydroxyl groups excluding tert-OH is 1. The zero-order valence-corrected chi connectivity index (χ0v) is 21.0. The van der Waals surface area contributed by atoms with Gasteiger partial charge in [0.25, 0.3) is 0 Å². The molecule has 0 aromatic heterocycles. The molecule has 0 aliphatic heterocycles. The predicted octanol–water partition coefficient (Wildman–Crippen LogP) is 5.93. The molecule has 2 unspecified atom stereocenters. The monoisotopic (exact) mass is 551 g/mol. The topological polar surface area (TPSA) is 84.9 Å². The lowest BCUT2D eigenvalue weighted by Gasteiger charge is -2.25. The first kappa shape index (κ1) is 30.3. The van der Waals surface area contributed by atoms with Gasteiger partial charge in [0.05, 0.1) is 0 Å². The van der Waals surface area contributed by atoms with E-state index in [1.807, 2.05) is 6.07 Å². The van der Waals surface area contributed by atoms with Crippen molar-refractivity contribution in [3.8, 4) is 11.1 Å². The molecule has 1 amide bonds. The van der Waals surface area contributed by atoms with Gasteiger partial charge in [-0.2, -0.15) is 22.0 Å². The molecule has 2 rings (SSSR count). The van der Waals surface area contributed by atoms with Gasteiger partial charge in [-0.1, -0.05) is 48.0 Å². The molecule has 12 heteroatoms. The predicted molar refractivity (Wildman–Crippen MR) is 126 cm³/mol. The van der Waals surface area contributed by atoms with Gasteiger partial charge in [-0.15, -0.1) is 0 Å². The fourth-order valence-corrected chi connectivity index (χ4v) is 3.35. The molecule has 0 saturated heterocycles. The lowest BCUT2D eigenvalue weighted by molar-refractivity contribution is -0.294.